The molecule has 0 aliphatic rings. The Morgan fingerprint density at radius 3 is 2.20 bits per heavy atom. The summed E-state index contributed by atoms with van der Waals surface area (Å²) >= 11 is 0. The van der Waals surface area contributed by atoms with Crippen LogP contribution in [0.1, 0.15) is 20.7 Å². The van der Waals surface area contributed by atoms with Crippen molar-refractivity contribution in [3.8, 4) is 0 Å². The number of carbonyl (C=O) groups is 2. The molecular weight excluding hydrogens is 254 g/mol. The van der Waals surface area contributed by atoms with Crippen molar-refractivity contribution in [3.63, 3.8) is 0 Å². The van der Waals surface area contributed by atoms with Crippen molar-refractivity contribution in [2.75, 3.05) is 18.1 Å². The predicted molar refractivity (Wildman–Crippen MR) is 78.6 cm³/mol. The Morgan fingerprint density at radius 1 is 0.950 bits per heavy atom. The summed E-state index contributed by atoms with van der Waals surface area (Å²) in [5.74, 6) is -0.453. The first-order valence-corrected chi connectivity index (χ1v) is 6.10. The number of nitrogen functional groups attached to an aromatic ring is 1. The smallest absolute Gasteiger partial charge is 0.257 e. The standard InChI is InChI=1S/C15H15N3O2/c1-17-14(19)10-6-8-11(9-7-10)18-15(20)12-4-2-3-5-13(12)16/h2-9H,16H2,1H3,(H,17,19)(H,18,20). The maximum Gasteiger partial charge on any atom is 0.257 e. The van der Waals surface area contributed by atoms with Crippen LogP contribution in [0.25, 0.3) is 0 Å². The van der Waals surface area contributed by atoms with Gasteiger partial charge in [0, 0.05) is 24.0 Å². The summed E-state index contributed by atoms with van der Waals surface area (Å²) in [6, 6.07) is 13.5. The van der Waals surface area contributed by atoms with Gasteiger partial charge in [-0.15, -0.1) is 0 Å². The van der Waals surface area contributed by atoms with Gasteiger partial charge in [0.15, 0.2) is 0 Å². The summed E-state index contributed by atoms with van der Waals surface area (Å²) < 4.78 is 0. The third-order valence-corrected chi connectivity index (χ3v) is 2.84. The average molecular weight is 269 g/mol. The van der Waals surface area contributed by atoms with E-state index in [2.05, 4.69) is 10.6 Å². The van der Waals surface area contributed by atoms with Crippen LogP contribution in [0, 0.1) is 0 Å². The van der Waals surface area contributed by atoms with Crippen LogP contribution < -0.4 is 16.4 Å². The van der Waals surface area contributed by atoms with E-state index in [9.17, 15) is 9.59 Å². The van der Waals surface area contributed by atoms with Crippen molar-refractivity contribution in [3.05, 3.63) is 59.7 Å². The van der Waals surface area contributed by atoms with Crippen LogP contribution in [0.15, 0.2) is 48.5 Å². The molecule has 0 saturated heterocycles. The van der Waals surface area contributed by atoms with Crippen LogP contribution in [-0.2, 0) is 0 Å². The van der Waals surface area contributed by atoms with E-state index < -0.39 is 0 Å². The molecule has 0 radical (unpaired) electrons. The fourth-order valence-corrected chi connectivity index (χ4v) is 1.75. The zero-order valence-corrected chi connectivity index (χ0v) is 11.0. The zero-order chi connectivity index (χ0) is 14.5. The second kappa shape index (κ2) is 5.88. The Morgan fingerprint density at radius 2 is 1.60 bits per heavy atom. The minimum Gasteiger partial charge on any atom is -0.398 e. The molecule has 0 unspecified atom stereocenters. The first-order valence-electron chi connectivity index (χ1n) is 6.10. The lowest BCUT2D eigenvalue weighted by atomic mass is 10.1. The van der Waals surface area contributed by atoms with E-state index in [1.165, 1.54) is 0 Å². The van der Waals surface area contributed by atoms with E-state index in [0.29, 0.717) is 22.5 Å². The number of rotatable bonds is 3. The molecule has 2 amide bonds. The van der Waals surface area contributed by atoms with Crippen LogP contribution in [0.5, 0.6) is 0 Å². The van der Waals surface area contributed by atoms with Gasteiger partial charge in [-0.3, -0.25) is 9.59 Å². The van der Waals surface area contributed by atoms with Gasteiger partial charge in [-0.05, 0) is 36.4 Å². The minimum absolute atomic E-state index is 0.171. The number of amides is 2. The monoisotopic (exact) mass is 269 g/mol. The number of hydrogen-bond acceptors (Lipinski definition) is 3. The van der Waals surface area contributed by atoms with E-state index in [1.54, 1.807) is 55.6 Å². The Bertz CT molecular complexity index is 636. The number of anilines is 2. The predicted octanol–water partition coefficient (Wildman–Crippen LogP) is 1.88. The highest BCUT2D eigenvalue weighted by Crippen LogP contribution is 2.15. The quantitative estimate of drug-likeness (QED) is 0.744. The Balaban J connectivity index is 2.13. The summed E-state index contributed by atoms with van der Waals surface area (Å²) in [6.07, 6.45) is 0. The fourth-order valence-electron chi connectivity index (χ4n) is 1.75. The first kappa shape index (κ1) is 13.6. The van der Waals surface area contributed by atoms with Crippen molar-refractivity contribution in [2.24, 2.45) is 0 Å². The molecule has 0 fully saturated rings. The number of carbonyl (C=O) groups excluding carboxylic acids is 2. The number of para-hydroxylation sites is 1. The molecule has 0 aliphatic carbocycles. The molecule has 5 nitrogen and oxygen atoms in total. The second-order valence-corrected chi connectivity index (χ2v) is 4.20. The molecule has 0 bridgehead atoms. The molecule has 2 rings (SSSR count). The lowest BCUT2D eigenvalue weighted by Gasteiger charge is -2.08. The molecule has 0 aliphatic heterocycles. The van der Waals surface area contributed by atoms with Crippen molar-refractivity contribution in [2.45, 2.75) is 0 Å². The summed E-state index contributed by atoms with van der Waals surface area (Å²) in [5, 5.41) is 5.26. The zero-order valence-electron chi connectivity index (χ0n) is 11.0. The minimum atomic E-state index is -0.282. The molecule has 2 aromatic carbocycles. The van der Waals surface area contributed by atoms with Crippen LogP contribution in [0.3, 0.4) is 0 Å². The lowest BCUT2D eigenvalue weighted by molar-refractivity contribution is 0.0962. The van der Waals surface area contributed by atoms with E-state index in [4.69, 9.17) is 5.73 Å². The molecule has 2 aromatic rings. The molecule has 4 N–H and O–H groups in total. The van der Waals surface area contributed by atoms with E-state index >= 15 is 0 Å². The van der Waals surface area contributed by atoms with Gasteiger partial charge in [0.25, 0.3) is 11.8 Å². The maximum absolute atomic E-state index is 12.0. The van der Waals surface area contributed by atoms with Crippen molar-refractivity contribution in [1.29, 1.82) is 0 Å². The highest BCUT2D eigenvalue weighted by molar-refractivity contribution is 6.07. The normalized spacial score (nSPS) is 9.85. The Labute approximate surface area is 116 Å². The van der Waals surface area contributed by atoms with Crippen molar-refractivity contribution in [1.82, 2.24) is 5.32 Å². The van der Waals surface area contributed by atoms with Crippen molar-refractivity contribution >= 4 is 23.2 Å². The Hall–Kier alpha value is -2.82. The van der Waals surface area contributed by atoms with Gasteiger partial charge < -0.3 is 16.4 Å². The van der Waals surface area contributed by atoms with E-state index in [-0.39, 0.29) is 11.8 Å². The summed E-state index contributed by atoms with van der Waals surface area (Å²) in [5.41, 5.74) is 7.72. The highest BCUT2D eigenvalue weighted by Gasteiger charge is 2.09. The molecular formula is C15H15N3O2. The molecule has 0 atom stereocenters. The number of benzene rings is 2. The van der Waals surface area contributed by atoms with Gasteiger partial charge >= 0.3 is 0 Å². The van der Waals surface area contributed by atoms with Gasteiger partial charge in [0.2, 0.25) is 0 Å². The number of nitrogens with two attached hydrogens (primary N) is 1. The Kier molecular flexibility index (Phi) is 4.00. The van der Waals surface area contributed by atoms with Crippen molar-refractivity contribution < 1.29 is 9.59 Å². The SMILES string of the molecule is CNC(=O)c1ccc(NC(=O)c2ccccc2N)cc1. The molecule has 0 spiro atoms. The number of hydrogen-bond donors (Lipinski definition) is 3. The van der Waals surface area contributed by atoms with Crippen LogP contribution in [-0.4, -0.2) is 18.9 Å². The summed E-state index contributed by atoms with van der Waals surface area (Å²) in [7, 11) is 1.57. The maximum atomic E-state index is 12.0. The lowest BCUT2D eigenvalue weighted by Crippen LogP contribution is -2.18. The van der Waals surface area contributed by atoms with Gasteiger partial charge in [0.1, 0.15) is 0 Å². The highest BCUT2D eigenvalue weighted by atomic mass is 16.2. The van der Waals surface area contributed by atoms with Gasteiger partial charge in [0.05, 0.1) is 5.56 Å². The van der Waals surface area contributed by atoms with Gasteiger partial charge in [-0.25, -0.2) is 0 Å². The molecule has 0 aromatic heterocycles. The summed E-state index contributed by atoms with van der Waals surface area (Å²) in [6.45, 7) is 0. The van der Waals surface area contributed by atoms with Crippen LogP contribution in [0.2, 0.25) is 0 Å². The van der Waals surface area contributed by atoms with E-state index in [1.807, 2.05) is 0 Å². The third-order valence-electron chi connectivity index (χ3n) is 2.84. The molecule has 20 heavy (non-hydrogen) atoms. The van der Waals surface area contributed by atoms with Crippen LogP contribution in [0.4, 0.5) is 11.4 Å². The fraction of sp³-hybridized carbons (Fsp3) is 0.0667. The van der Waals surface area contributed by atoms with Gasteiger partial charge in [-0.1, -0.05) is 12.1 Å². The topological polar surface area (TPSA) is 84.2 Å². The number of nitrogens with one attached hydrogen (secondary N) is 2. The molecule has 0 saturated carbocycles. The molecule has 5 heteroatoms. The second-order valence-electron chi connectivity index (χ2n) is 4.20. The van der Waals surface area contributed by atoms with E-state index in [0.717, 1.165) is 0 Å². The molecule has 102 valence electrons. The molecule has 0 heterocycles. The van der Waals surface area contributed by atoms with Gasteiger partial charge in [-0.2, -0.15) is 0 Å². The van der Waals surface area contributed by atoms with Crippen LogP contribution >= 0.6 is 0 Å². The third kappa shape index (κ3) is 2.95. The average Bonchev–Trinajstić information content (AvgIpc) is 2.47. The largest absolute Gasteiger partial charge is 0.398 e. The first-order chi connectivity index (χ1) is 9.61. The summed E-state index contributed by atoms with van der Waals surface area (Å²) in [4.78, 5) is 23.4.